The van der Waals surface area contributed by atoms with Crippen LogP contribution in [0.1, 0.15) is 67.2 Å². The predicted molar refractivity (Wildman–Crippen MR) is 158 cm³/mol. The number of Topliss-reactive ketones (excluding diaryl/α,β-unsaturated/α-hetero) is 1. The van der Waals surface area contributed by atoms with Gasteiger partial charge in [-0.2, -0.15) is 0 Å². The van der Waals surface area contributed by atoms with Crippen molar-refractivity contribution in [2.24, 2.45) is 29.1 Å². The van der Waals surface area contributed by atoms with E-state index in [-0.39, 0.29) is 26.1 Å². The molecule has 4 rings (SSSR count). The Labute approximate surface area is 253 Å². The fraction of sp³-hybridized carbons (Fsp3) is 0.588. The zero-order valence-electron chi connectivity index (χ0n) is 25.9. The molecule has 4 aliphatic rings. The minimum absolute atomic E-state index is 0.0800. The van der Waals surface area contributed by atoms with Crippen LogP contribution in [0.2, 0.25) is 0 Å². The normalized spacial score (nSPS) is 38.2. The summed E-state index contributed by atoms with van der Waals surface area (Å²) in [5.74, 6) is -4.76. The van der Waals surface area contributed by atoms with Crippen LogP contribution in [0.5, 0.6) is 0 Å². The fourth-order valence-electron chi connectivity index (χ4n) is 7.93. The molecule has 0 aromatic heterocycles. The molecule has 0 bridgehead atoms. The molecule has 0 aromatic carbocycles. The van der Waals surface area contributed by atoms with Crippen LogP contribution in [0, 0.1) is 29.1 Å². The number of carbonyl (C=O) groups excluding carboxylic acids is 4. The highest BCUT2D eigenvalue weighted by Crippen LogP contribution is 2.76. The third kappa shape index (κ3) is 5.57. The lowest BCUT2D eigenvalue weighted by molar-refractivity contribution is -0.186. The molecule has 0 radical (unpaired) electrons. The Bertz CT molecular complexity index is 1320. The van der Waals surface area contributed by atoms with Gasteiger partial charge >= 0.3 is 17.9 Å². The molecule has 4 aliphatic carbocycles. The van der Waals surface area contributed by atoms with Crippen molar-refractivity contribution in [3.05, 3.63) is 59.8 Å². The van der Waals surface area contributed by atoms with E-state index >= 15 is 0 Å². The van der Waals surface area contributed by atoms with Crippen LogP contribution in [0.25, 0.3) is 0 Å². The molecule has 2 fully saturated rings. The first-order chi connectivity index (χ1) is 20.2. The number of hydrogen-bond donors (Lipinski definition) is 2. The molecule has 0 aromatic rings. The lowest BCUT2D eigenvalue weighted by Crippen LogP contribution is -2.61. The van der Waals surface area contributed by atoms with Gasteiger partial charge < -0.3 is 24.4 Å². The molecule has 8 atom stereocenters. The summed E-state index contributed by atoms with van der Waals surface area (Å²) in [7, 11) is 0. The molecule has 9 nitrogen and oxygen atoms in total. The van der Waals surface area contributed by atoms with Crippen LogP contribution in [-0.4, -0.2) is 63.9 Å². The van der Waals surface area contributed by atoms with Crippen LogP contribution in [0.3, 0.4) is 0 Å². The second kappa shape index (κ2) is 12.0. The standard InChI is InChI=1S/C34H44O9/c1-7-8-9-10-11-12-13-14-28(37)42-20-31(6)29-26-16-25(19-41-23(4)35)18-32(39)27(15-21(2)30(32)38)34(26,40)22(3)17-33(29,31)43-24(5)36/h9-16,22,26-27,29,39-40H,7-8,17-20H2,1-6H3/t22-,26+,27-,29-,31-,32-,33+,34-/m1/s1. The van der Waals surface area contributed by atoms with Crippen molar-refractivity contribution in [3.63, 3.8) is 0 Å². The third-order valence-corrected chi connectivity index (χ3v) is 9.91. The molecular weight excluding hydrogens is 552 g/mol. The van der Waals surface area contributed by atoms with E-state index in [0.717, 1.165) is 12.8 Å². The minimum atomic E-state index is -1.92. The van der Waals surface area contributed by atoms with Gasteiger partial charge in [-0.25, -0.2) is 4.79 Å². The first kappa shape index (κ1) is 32.6. The second-order valence-corrected chi connectivity index (χ2v) is 12.8. The highest BCUT2D eigenvalue weighted by Gasteiger charge is 2.85. The van der Waals surface area contributed by atoms with Gasteiger partial charge in [-0.15, -0.1) is 0 Å². The molecule has 2 N–H and O–H groups in total. The summed E-state index contributed by atoms with van der Waals surface area (Å²) in [6, 6.07) is 0. The number of unbranched alkanes of at least 4 members (excludes halogenated alkanes) is 1. The number of aliphatic hydroxyl groups is 2. The van der Waals surface area contributed by atoms with Crippen molar-refractivity contribution in [1.82, 2.24) is 0 Å². The molecule has 0 unspecified atom stereocenters. The number of fused-ring (bicyclic) bond motifs is 5. The highest BCUT2D eigenvalue weighted by atomic mass is 16.6. The summed E-state index contributed by atoms with van der Waals surface area (Å²) in [5.41, 5.74) is -4.62. The summed E-state index contributed by atoms with van der Waals surface area (Å²) in [6.07, 6.45) is 16.0. The van der Waals surface area contributed by atoms with Gasteiger partial charge in [0.05, 0.1) is 5.60 Å². The quantitative estimate of drug-likeness (QED) is 0.126. The first-order valence-electron chi connectivity index (χ1n) is 15.0. The third-order valence-electron chi connectivity index (χ3n) is 9.91. The van der Waals surface area contributed by atoms with Crippen LogP contribution in [0.4, 0.5) is 0 Å². The Morgan fingerprint density at radius 2 is 1.74 bits per heavy atom. The molecule has 0 saturated heterocycles. The SMILES string of the molecule is CCCC=CC=CC=CC(=O)OC[C@]1(C)[C@H]2[C@@H]3C=C(COC(C)=O)C[C@]4(O)C(=O)C(C)=C[C@H]4[C@@]3(O)[C@H](C)C[C@]21OC(C)=O. The van der Waals surface area contributed by atoms with Crippen molar-refractivity contribution >= 4 is 23.7 Å². The average Bonchev–Trinajstić information content (AvgIpc) is 3.37. The number of ketones is 1. The maximum Gasteiger partial charge on any atom is 0.330 e. The van der Waals surface area contributed by atoms with Crippen molar-refractivity contribution in [3.8, 4) is 0 Å². The Morgan fingerprint density at radius 3 is 2.40 bits per heavy atom. The van der Waals surface area contributed by atoms with E-state index in [9.17, 15) is 29.4 Å². The minimum Gasteiger partial charge on any atom is -0.462 e. The number of allylic oxidation sites excluding steroid dienone is 5. The Kier molecular flexibility index (Phi) is 9.10. The van der Waals surface area contributed by atoms with Gasteiger partial charge in [0.1, 0.15) is 24.4 Å². The van der Waals surface area contributed by atoms with Crippen LogP contribution in [-0.2, 0) is 33.4 Å². The molecule has 234 valence electrons. The molecule has 0 heterocycles. The van der Waals surface area contributed by atoms with Crippen LogP contribution >= 0.6 is 0 Å². The lowest BCUT2D eigenvalue weighted by Gasteiger charge is -2.50. The fourth-order valence-corrected chi connectivity index (χ4v) is 7.93. The van der Waals surface area contributed by atoms with Gasteiger partial charge in [0.15, 0.2) is 5.78 Å². The smallest absolute Gasteiger partial charge is 0.330 e. The number of hydrogen-bond acceptors (Lipinski definition) is 9. The summed E-state index contributed by atoms with van der Waals surface area (Å²) >= 11 is 0. The zero-order valence-corrected chi connectivity index (χ0v) is 25.9. The van der Waals surface area contributed by atoms with Crippen LogP contribution in [0.15, 0.2) is 59.8 Å². The van der Waals surface area contributed by atoms with E-state index in [4.69, 9.17) is 14.2 Å². The highest BCUT2D eigenvalue weighted by molar-refractivity contribution is 6.04. The number of rotatable bonds is 10. The van der Waals surface area contributed by atoms with Gasteiger partial charge in [0.25, 0.3) is 0 Å². The van der Waals surface area contributed by atoms with Crippen molar-refractivity contribution in [2.45, 2.75) is 84.0 Å². The lowest BCUT2D eigenvalue weighted by atomic mass is 9.60. The van der Waals surface area contributed by atoms with E-state index < -0.39 is 69.6 Å². The number of carbonyl (C=O) groups is 4. The van der Waals surface area contributed by atoms with Crippen molar-refractivity contribution in [1.29, 1.82) is 0 Å². The van der Waals surface area contributed by atoms with Crippen LogP contribution < -0.4 is 0 Å². The molecule has 2 saturated carbocycles. The molecule has 0 spiro atoms. The van der Waals surface area contributed by atoms with E-state index in [2.05, 4.69) is 6.92 Å². The topological polar surface area (TPSA) is 136 Å². The summed E-state index contributed by atoms with van der Waals surface area (Å²) < 4.78 is 17.0. The largest absolute Gasteiger partial charge is 0.462 e. The van der Waals surface area contributed by atoms with E-state index in [1.54, 1.807) is 31.2 Å². The predicted octanol–water partition coefficient (Wildman–Crippen LogP) is 4.09. The van der Waals surface area contributed by atoms with E-state index in [1.807, 2.05) is 32.1 Å². The Morgan fingerprint density at radius 1 is 1.05 bits per heavy atom. The number of ether oxygens (including phenoxy) is 3. The Balaban J connectivity index is 1.68. The monoisotopic (exact) mass is 596 g/mol. The second-order valence-electron chi connectivity index (χ2n) is 12.8. The Hall–Kier alpha value is -3.30. The van der Waals surface area contributed by atoms with Crippen molar-refractivity contribution in [2.75, 3.05) is 13.2 Å². The average molecular weight is 597 g/mol. The zero-order chi connectivity index (χ0) is 31.8. The number of esters is 3. The summed E-state index contributed by atoms with van der Waals surface area (Å²) in [5, 5.41) is 24.5. The van der Waals surface area contributed by atoms with Gasteiger partial charge in [-0.1, -0.05) is 69.7 Å². The van der Waals surface area contributed by atoms with E-state index in [0.29, 0.717) is 11.1 Å². The summed E-state index contributed by atoms with van der Waals surface area (Å²) in [4.78, 5) is 50.1. The maximum atomic E-state index is 13.3. The molecule has 0 amide bonds. The summed E-state index contributed by atoms with van der Waals surface area (Å²) in [6.45, 7) is 9.74. The molecule has 0 aliphatic heterocycles. The van der Waals surface area contributed by atoms with Gasteiger partial charge in [0.2, 0.25) is 0 Å². The molecule has 9 heteroatoms. The van der Waals surface area contributed by atoms with Gasteiger partial charge in [0, 0.05) is 49.5 Å². The van der Waals surface area contributed by atoms with E-state index in [1.165, 1.54) is 19.9 Å². The maximum absolute atomic E-state index is 13.3. The van der Waals surface area contributed by atoms with Gasteiger partial charge in [-0.3, -0.25) is 14.4 Å². The molecule has 43 heavy (non-hydrogen) atoms. The van der Waals surface area contributed by atoms with Gasteiger partial charge in [-0.05, 0) is 36.8 Å². The first-order valence-corrected chi connectivity index (χ1v) is 15.0. The van der Waals surface area contributed by atoms with Crippen molar-refractivity contribution < 1.29 is 43.6 Å². The molecular formula is C34H44O9.